The summed E-state index contributed by atoms with van der Waals surface area (Å²) in [6, 6.07) is 8.83. The molecule has 1 atom stereocenters. The van der Waals surface area contributed by atoms with Crippen LogP contribution in [0.1, 0.15) is 30.9 Å². The van der Waals surface area contributed by atoms with Gasteiger partial charge in [0.2, 0.25) is 0 Å². The molecule has 0 radical (unpaired) electrons. The molecule has 2 N–H and O–H groups in total. The van der Waals surface area contributed by atoms with Gasteiger partial charge in [0.15, 0.2) is 0 Å². The van der Waals surface area contributed by atoms with Crippen LogP contribution in [-0.4, -0.2) is 0 Å². The Labute approximate surface area is 106 Å². The minimum atomic E-state index is 0. The van der Waals surface area contributed by atoms with Gasteiger partial charge in [0.05, 0.1) is 0 Å². The highest BCUT2D eigenvalue weighted by molar-refractivity contribution is 7.17. The highest BCUT2D eigenvalue weighted by atomic mass is 35.5. The minimum Gasteiger partial charge on any atom is -0.324 e. The Bertz CT molecular complexity index is 475. The zero-order valence-corrected chi connectivity index (χ0v) is 10.7. The van der Waals surface area contributed by atoms with Gasteiger partial charge in [0.25, 0.3) is 0 Å². The van der Waals surface area contributed by atoms with Gasteiger partial charge in [-0.2, -0.15) is 0 Å². The molecule has 1 nitrogen and oxygen atoms in total. The largest absolute Gasteiger partial charge is 0.324 e. The van der Waals surface area contributed by atoms with Crippen LogP contribution in [0, 0.1) is 5.92 Å². The van der Waals surface area contributed by atoms with Crippen LogP contribution in [0.4, 0.5) is 0 Å². The molecular weight excluding hydrogens is 238 g/mol. The zero-order chi connectivity index (χ0) is 10.3. The van der Waals surface area contributed by atoms with Crippen LogP contribution >= 0.6 is 23.7 Å². The van der Waals surface area contributed by atoms with Crippen LogP contribution < -0.4 is 5.73 Å². The van der Waals surface area contributed by atoms with Gasteiger partial charge in [-0.3, -0.25) is 0 Å². The molecule has 1 aliphatic rings. The third-order valence-corrected chi connectivity index (χ3v) is 4.51. The molecule has 1 aromatic carbocycles. The normalized spacial score (nSPS) is 17.8. The fraction of sp³-hybridized carbons (Fsp3) is 0.385. The summed E-state index contributed by atoms with van der Waals surface area (Å²) in [5.74, 6) is 0.725. The molecule has 0 aliphatic heterocycles. The van der Waals surface area contributed by atoms with E-state index in [1.807, 2.05) is 11.3 Å². The van der Waals surface area contributed by atoms with Gasteiger partial charge in [-0.25, -0.2) is 0 Å². The van der Waals surface area contributed by atoms with E-state index in [-0.39, 0.29) is 18.4 Å². The lowest BCUT2D eigenvalue weighted by atomic mass is 9.77. The number of rotatable bonds is 2. The number of hydrogen-bond donors (Lipinski definition) is 1. The highest BCUT2D eigenvalue weighted by Crippen LogP contribution is 2.40. The quantitative estimate of drug-likeness (QED) is 0.856. The summed E-state index contributed by atoms with van der Waals surface area (Å²) in [6.45, 7) is 0. The Morgan fingerprint density at radius 1 is 1.25 bits per heavy atom. The van der Waals surface area contributed by atoms with E-state index >= 15 is 0 Å². The summed E-state index contributed by atoms with van der Waals surface area (Å²) < 4.78 is 1.36. The first kappa shape index (κ1) is 11.9. The van der Waals surface area contributed by atoms with Crippen molar-refractivity contribution < 1.29 is 0 Å². The molecule has 0 amide bonds. The van der Waals surface area contributed by atoms with Crippen molar-refractivity contribution in [1.29, 1.82) is 0 Å². The van der Waals surface area contributed by atoms with Gasteiger partial charge < -0.3 is 5.73 Å². The van der Waals surface area contributed by atoms with Crippen LogP contribution in [0.3, 0.4) is 0 Å². The van der Waals surface area contributed by atoms with E-state index in [4.69, 9.17) is 5.73 Å². The van der Waals surface area contributed by atoms with Crippen molar-refractivity contribution in [2.24, 2.45) is 11.7 Å². The van der Waals surface area contributed by atoms with Crippen LogP contribution in [0.5, 0.6) is 0 Å². The zero-order valence-electron chi connectivity index (χ0n) is 9.06. The molecule has 0 bridgehead atoms. The molecule has 16 heavy (non-hydrogen) atoms. The van der Waals surface area contributed by atoms with Crippen LogP contribution in [0.25, 0.3) is 10.1 Å². The van der Waals surface area contributed by atoms with Gasteiger partial charge in [-0.05, 0) is 41.2 Å². The molecule has 1 fully saturated rings. The van der Waals surface area contributed by atoms with E-state index in [0.29, 0.717) is 0 Å². The van der Waals surface area contributed by atoms with Gasteiger partial charge in [-0.1, -0.05) is 24.6 Å². The van der Waals surface area contributed by atoms with Crippen molar-refractivity contribution in [1.82, 2.24) is 0 Å². The van der Waals surface area contributed by atoms with Gasteiger partial charge in [-0.15, -0.1) is 23.7 Å². The van der Waals surface area contributed by atoms with E-state index in [1.165, 1.54) is 34.9 Å². The predicted molar refractivity (Wildman–Crippen MR) is 73.3 cm³/mol. The molecule has 1 aromatic heterocycles. The predicted octanol–water partition coefficient (Wildman–Crippen LogP) is 4.12. The van der Waals surface area contributed by atoms with Crippen molar-refractivity contribution in [3.63, 3.8) is 0 Å². The molecule has 1 saturated carbocycles. The lowest BCUT2D eigenvalue weighted by molar-refractivity contribution is 0.265. The number of nitrogens with two attached hydrogens (primary N) is 1. The van der Waals surface area contributed by atoms with Gasteiger partial charge >= 0.3 is 0 Å². The number of hydrogen-bond acceptors (Lipinski definition) is 2. The standard InChI is InChI=1S/C13H15NS.ClH/c14-13(9-4-3-5-9)11-8-15-12-7-2-1-6-10(11)12;/h1-2,6-9,13H,3-5,14H2;1H/t13-;/m1./s1. The van der Waals surface area contributed by atoms with Crippen LogP contribution in [0.2, 0.25) is 0 Å². The first-order valence-corrected chi connectivity index (χ1v) is 6.46. The molecule has 3 rings (SSSR count). The fourth-order valence-electron chi connectivity index (χ4n) is 2.31. The van der Waals surface area contributed by atoms with Crippen molar-refractivity contribution in [3.05, 3.63) is 35.2 Å². The SMILES string of the molecule is Cl.N[C@@H](c1csc2ccccc12)C1CCC1. The fourth-order valence-corrected chi connectivity index (χ4v) is 3.32. The summed E-state index contributed by atoms with van der Waals surface area (Å²) in [6.07, 6.45) is 3.98. The summed E-state index contributed by atoms with van der Waals surface area (Å²) >= 11 is 1.81. The topological polar surface area (TPSA) is 26.0 Å². The van der Waals surface area contributed by atoms with Crippen molar-refractivity contribution >= 4 is 33.8 Å². The summed E-state index contributed by atoms with van der Waals surface area (Å²) in [5, 5.41) is 3.61. The average Bonchev–Trinajstić information content (AvgIpc) is 2.58. The van der Waals surface area contributed by atoms with E-state index in [1.54, 1.807) is 0 Å². The maximum absolute atomic E-state index is 6.32. The first-order valence-electron chi connectivity index (χ1n) is 5.58. The minimum absolute atomic E-state index is 0. The third-order valence-electron chi connectivity index (χ3n) is 3.53. The first-order chi connectivity index (χ1) is 7.36. The second-order valence-corrected chi connectivity index (χ2v) is 5.32. The summed E-state index contributed by atoms with van der Waals surface area (Å²) in [5.41, 5.74) is 7.68. The number of benzene rings is 1. The molecule has 3 heteroatoms. The average molecular weight is 254 g/mol. The number of thiophene rings is 1. The van der Waals surface area contributed by atoms with Crippen LogP contribution in [-0.2, 0) is 0 Å². The van der Waals surface area contributed by atoms with Crippen molar-refractivity contribution in [2.45, 2.75) is 25.3 Å². The lowest BCUT2D eigenvalue weighted by Crippen LogP contribution is -2.26. The summed E-state index contributed by atoms with van der Waals surface area (Å²) in [4.78, 5) is 0. The smallest absolute Gasteiger partial charge is 0.0346 e. The molecule has 0 saturated heterocycles. The second-order valence-electron chi connectivity index (χ2n) is 4.40. The maximum atomic E-state index is 6.32. The van der Waals surface area contributed by atoms with Crippen molar-refractivity contribution in [2.75, 3.05) is 0 Å². The second kappa shape index (κ2) is 4.74. The Balaban J connectivity index is 0.000000963. The Morgan fingerprint density at radius 2 is 2.00 bits per heavy atom. The van der Waals surface area contributed by atoms with Gasteiger partial charge in [0.1, 0.15) is 0 Å². The molecule has 0 spiro atoms. The van der Waals surface area contributed by atoms with Crippen molar-refractivity contribution in [3.8, 4) is 0 Å². The number of fused-ring (bicyclic) bond motifs is 1. The van der Waals surface area contributed by atoms with E-state index in [0.717, 1.165) is 5.92 Å². The molecular formula is C13H16ClNS. The van der Waals surface area contributed by atoms with E-state index < -0.39 is 0 Å². The Hall–Kier alpha value is -0.570. The highest BCUT2D eigenvalue weighted by Gasteiger charge is 2.26. The molecule has 1 heterocycles. The molecule has 2 aromatic rings. The van der Waals surface area contributed by atoms with E-state index in [2.05, 4.69) is 29.6 Å². The number of halogens is 1. The third kappa shape index (κ3) is 1.86. The lowest BCUT2D eigenvalue weighted by Gasteiger charge is -2.31. The Kier molecular flexibility index (Phi) is 3.53. The maximum Gasteiger partial charge on any atom is 0.0346 e. The molecule has 0 unspecified atom stereocenters. The molecule has 1 aliphatic carbocycles. The van der Waals surface area contributed by atoms with Crippen LogP contribution in [0.15, 0.2) is 29.6 Å². The Morgan fingerprint density at radius 3 is 2.69 bits per heavy atom. The van der Waals surface area contributed by atoms with Gasteiger partial charge in [0, 0.05) is 10.7 Å². The summed E-state index contributed by atoms with van der Waals surface area (Å²) in [7, 11) is 0. The molecule has 86 valence electrons. The van der Waals surface area contributed by atoms with E-state index in [9.17, 15) is 0 Å². The monoisotopic (exact) mass is 253 g/mol.